The van der Waals surface area contributed by atoms with Gasteiger partial charge in [0.1, 0.15) is 22.2 Å². The van der Waals surface area contributed by atoms with E-state index in [1.165, 1.54) is 0 Å². The molecule has 2 bridgehead atoms. The molecule has 3 aliphatic rings. The van der Waals surface area contributed by atoms with Crippen molar-refractivity contribution in [3.05, 3.63) is 45.9 Å². The maximum atomic E-state index is 13.1. The van der Waals surface area contributed by atoms with Gasteiger partial charge in [-0.2, -0.15) is 5.06 Å². The molecule has 2 saturated heterocycles. The van der Waals surface area contributed by atoms with Crippen molar-refractivity contribution in [3.63, 3.8) is 0 Å². The fourth-order valence-electron chi connectivity index (χ4n) is 4.72. The molecule has 3 heterocycles. The third kappa shape index (κ3) is 4.61. The second kappa shape index (κ2) is 8.68. The molecule has 1 saturated carbocycles. The number of esters is 1. The molecule has 2 aromatic rings. The molecule has 1 aliphatic carbocycles. The summed E-state index contributed by atoms with van der Waals surface area (Å²) in [4.78, 5) is 33.1. The van der Waals surface area contributed by atoms with Crippen LogP contribution in [0.4, 0.5) is 4.79 Å². The smallest absolute Gasteiger partial charge is 0.344 e. The fraction of sp³-hybridized carbons (Fsp3) is 0.583. The van der Waals surface area contributed by atoms with E-state index in [1.54, 1.807) is 16.4 Å². The highest BCUT2D eigenvalue weighted by Crippen LogP contribution is 2.46. The normalized spacial score (nSPS) is 26.9. The van der Waals surface area contributed by atoms with Crippen molar-refractivity contribution in [3.8, 4) is 0 Å². The van der Waals surface area contributed by atoms with Crippen LogP contribution in [0.25, 0.3) is 0 Å². The number of ether oxygens (including phenoxy) is 1. The summed E-state index contributed by atoms with van der Waals surface area (Å²) < 4.78 is 5.50. The van der Waals surface area contributed by atoms with Crippen LogP contribution in [-0.2, 0) is 21.0 Å². The Balaban J connectivity index is 1.18. The number of benzene rings is 1. The Morgan fingerprint density at radius 1 is 1.12 bits per heavy atom. The van der Waals surface area contributed by atoms with Crippen LogP contribution in [0, 0.1) is 5.92 Å². The average Bonchev–Trinajstić information content (AvgIpc) is 3.29. The Morgan fingerprint density at radius 3 is 2.58 bits per heavy atom. The number of urea groups is 1. The third-order valence-electron chi connectivity index (χ3n) is 6.50. The lowest BCUT2D eigenvalue weighted by molar-refractivity contribution is -0.163. The minimum absolute atomic E-state index is 0.0625. The van der Waals surface area contributed by atoms with E-state index in [1.807, 2.05) is 56.0 Å². The van der Waals surface area contributed by atoms with Crippen LogP contribution in [0.2, 0.25) is 0 Å². The van der Waals surface area contributed by atoms with Crippen molar-refractivity contribution in [2.24, 2.45) is 5.92 Å². The van der Waals surface area contributed by atoms with Crippen LogP contribution < -0.4 is 0 Å². The summed E-state index contributed by atoms with van der Waals surface area (Å²) in [5.41, 5.74) is 0.579. The van der Waals surface area contributed by atoms with E-state index in [0.29, 0.717) is 13.2 Å². The van der Waals surface area contributed by atoms with Crippen molar-refractivity contribution in [2.75, 3.05) is 6.54 Å². The summed E-state index contributed by atoms with van der Waals surface area (Å²) in [6, 6.07) is 9.80. The lowest BCUT2D eigenvalue weighted by Gasteiger charge is -2.34. The summed E-state index contributed by atoms with van der Waals surface area (Å²) in [7, 11) is 0. The molecular weight excluding hydrogens is 440 g/mol. The Hall–Kier alpha value is -2.52. The second-order valence-electron chi connectivity index (χ2n) is 10.1. The Kier molecular flexibility index (Phi) is 5.86. The molecule has 0 N–H and O–H groups in total. The maximum Gasteiger partial charge on any atom is 0.344 e. The highest BCUT2D eigenvalue weighted by atomic mass is 32.1. The first-order valence-corrected chi connectivity index (χ1v) is 12.4. The van der Waals surface area contributed by atoms with Crippen molar-refractivity contribution < 1.29 is 19.2 Å². The van der Waals surface area contributed by atoms with Gasteiger partial charge in [0.25, 0.3) is 0 Å². The molecule has 0 radical (unpaired) electrons. The number of amides is 2. The third-order valence-corrected chi connectivity index (χ3v) is 7.69. The number of hydrogen-bond acceptors (Lipinski definition) is 7. The van der Waals surface area contributed by atoms with Crippen molar-refractivity contribution >= 4 is 23.3 Å². The molecule has 5 rings (SSSR count). The number of hydrogen-bond donors (Lipinski definition) is 0. The predicted molar refractivity (Wildman–Crippen MR) is 122 cm³/mol. The summed E-state index contributed by atoms with van der Waals surface area (Å²) in [6.45, 7) is 6.70. The fourth-order valence-corrected chi connectivity index (χ4v) is 5.83. The number of rotatable bonds is 6. The van der Waals surface area contributed by atoms with Crippen LogP contribution in [0.1, 0.15) is 74.0 Å². The van der Waals surface area contributed by atoms with Crippen molar-refractivity contribution in [1.29, 1.82) is 0 Å². The first-order valence-electron chi connectivity index (χ1n) is 11.6. The van der Waals surface area contributed by atoms with Gasteiger partial charge in [-0.15, -0.1) is 10.2 Å². The van der Waals surface area contributed by atoms with Crippen LogP contribution in [0.5, 0.6) is 0 Å². The van der Waals surface area contributed by atoms with E-state index in [-0.39, 0.29) is 35.9 Å². The molecule has 0 unspecified atom stereocenters. The van der Waals surface area contributed by atoms with E-state index >= 15 is 0 Å². The van der Waals surface area contributed by atoms with Gasteiger partial charge in [-0.25, -0.2) is 4.79 Å². The molecule has 8 nitrogen and oxygen atoms in total. The van der Waals surface area contributed by atoms with E-state index in [4.69, 9.17) is 9.57 Å². The summed E-state index contributed by atoms with van der Waals surface area (Å²) in [5.74, 6) is 0.0534. The minimum Gasteiger partial charge on any atom is -0.460 e. The molecule has 2 atom stereocenters. The van der Waals surface area contributed by atoms with Gasteiger partial charge in [-0.3, -0.25) is 9.63 Å². The lowest BCUT2D eigenvalue weighted by atomic mass is 9.75. The van der Waals surface area contributed by atoms with Crippen LogP contribution >= 0.6 is 11.3 Å². The van der Waals surface area contributed by atoms with Crippen LogP contribution in [0.15, 0.2) is 30.3 Å². The summed E-state index contributed by atoms with van der Waals surface area (Å²) >= 11 is 1.57. The molecule has 9 heteroatoms. The first kappa shape index (κ1) is 22.3. The average molecular weight is 471 g/mol. The highest BCUT2D eigenvalue weighted by molar-refractivity contribution is 7.11. The number of nitrogens with zero attached hydrogens (tertiary/aromatic N) is 4. The Morgan fingerprint density at radius 2 is 1.85 bits per heavy atom. The number of piperidine rings is 1. The monoisotopic (exact) mass is 470 g/mol. The molecule has 2 aliphatic heterocycles. The van der Waals surface area contributed by atoms with Crippen LogP contribution in [-0.4, -0.2) is 50.3 Å². The Bertz CT molecular complexity index is 1010. The van der Waals surface area contributed by atoms with Gasteiger partial charge < -0.3 is 9.64 Å². The zero-order valence-corrected chi connectivity index (χ0v) is 20.1. The largest absolute Gasteiger partial charge is 0.460 e. The number of carbonyl (C=O) groups is 2. The molecular formula is C24H30N4O4S. The Labute approximate surface area is 197 Å². The van der Waals surface area contributed by atoms with Gasteiger partial charge >= 0.3 is 12.0 Å². The molecule has 1 aromatic carbocycles. The first-order chi connectivity index (χ1) is 15.8. The number of aromatic nitrogens is 2. The molecule has 0 spiro atoms. The number of carbonyl (C=O) groups excluding carboxylic acids is 2. The lowest BCUT2D eigenvalue weighted by Crippen LogP contribution is -2.35. The van der Waals surface area contributed by atoms with Gasteiger partial charge in [0.15, 0.2) is 0 Å². The number of hydroxylamine groups is 2. The molecule has 176 valence electrons. The van der Waals surface area contributed by atoms with Crippen molar-refractivity contribution in [2.45, 2.75) is 76.7 Å². The topological polar surface area (TPSA) is 84.9 Å². The number of fused-ring (bicyclic) bond motifs is 2. The van der Waals surface area contributed by atoms with E-state index in [2.05, 4.69) is 10.2 Å². The zero-order chi connectivity index (χ0) is 23.2. The van der Waals surface area contributed by atoms with E-state index in [9.17, 15) is 9.59 Å². The molecule has 33 heavy (non-hydrogen) atoms. The quantitative estimate of drug-likeness (QED) is 0.580. The zero-order valence-electron chi connectivity index (χ0n) is 19.3. The second-order valence-corrected chi connectivity index (χ2v) is 11.2. The predicted octanol–water partition coefficient (Wildman–Crippen LogP) is 4.45. The van der Waals surface area contributed by atoms with Gasteiger partial charge in [0.05, 0.1) is 18.0 Å². The molecule has 2 amide bonds. The summed E-state index contributed by atoms with van der Waals surface area (Å²) in [6.07, 6.45) is 3.22. The SMILES string of the molecule is CC(C)(C)OC(=O)[C@H]1C[C@H](c2nnc([C@@H]3CC[C@@H]4CN3C(=O)N4OCc3ccccc3)s2)C1. The van der Waals surface area contributed by atoms with Crippen molar-refractivity contribution in [1.82, 2.24) is 20.2 Å². The molecule has 3 fully saturated rings. The maximum absolute atomic E-state index is 13.1. The highest BCUT2D eigenvalue weighted by Gasteiger charge is 2.47. The van der Waals surface area contributed by atoms with Gasteiger partial charge in [-0.05, 0) is 52.0 Å². The van der Waals surface area contributed by atoms with Gasteiger partial charge in [0, 0.05) is 12.5 Å². The summed E-state index contributed by atoms with van der Waals surface area (Å²) in [5, 5.41) is 12.2. The standard InChI is InChI=1S/C24H30N4O4S/c1-24(2,3)32-22(29)17-11-16(12-17)20-25-26-21(33-20)19-10-9-18-13-27(19)23(30)28(18)31-14-15-7-5-4-6-8-15/h4-8,16-19H,9-14H2,1-3H3/t16-,17-,18-,19+/m1/s1. The minimum atomic E-state index is -0.460. The molecule has 1 aromatic heterocycles. The van der Waals surface area contributed by atoms with Crippen LogP contribution in [0.3, 0.4) is 0 Å². The van der Waals surface area contributed by atoms with E-state index < -0.39 is 5.60 Å². The van der Waals surface area contributed by atoms with E-state index in [0.717, 1.165) is 41.3 Å². The van der Waals surface area contributed by atoms with Gasteiger partial charge in [0.2, 0.25) is 0 Å². The van der Waals surface area contributed by atoms with Gasteiger partial charge in [-0.1, -0.05) is 41.7 Å².